The minimum absolute atomic E-state index is 0.120. The zero-order valence-electron chi connectivity index (χ0n) is 24.3. The summed E-state index contributed by atoms with van der Waals surface area (Å²) in [4.78, 5) is 58.8. The minimum atomic E-state index is -1.02. The number of aromatic nitrogens is 1. The molecule has 2 fully saturated rings. The molecule has 4 aromatic rings. The molecule has 3 atom stereocenters. The van der Waals surface area contributed by atoms with Crippen LogP contribution in [0.3, 0.4) is 0 Å². The third kappa shape index (κ3) is 5.29. The second-order valence-corrected chi connectivity index (χ2v) is 11.3. The number of aryl methyl sites for hydroxylation is 1. The van der Waals surface area contributed by atoms with Crippen molar-refractivity contribution >= 4 is 40.2 Å². The van der Waals surface area contributed by atoms with Crippen molar-refractivity contribution in [1.29, 1.82) is 0 Å². The molecule has 2 aliphatic rings. The van der Waals surface area contributed by atoms with Gasteiger partial charge in [-0.3, -0.25) is 19.3 Å². The van der Waals surface area contributed by atoms with Crippen molar-refractivity contribution in [2.45, 2.75) is 45.6 Å². The summed E-state index contributed by atoms with van der Waals surface area (Å²) in [5.74, 6) is -1.03. The highest BCUT2D eigenvalue weighted by atomic mass is 16.5. The zero-order chi connectivity index (χ0) is 30.2. The molecule has 3 unspecified atom stereocenters. The maximum atomic E-state index is 13.5. The molecule has 43 heavy (non-hydrogen) atoms. The molecule has 2 heterocycles. The van der Waals surface area contributed by atoms with E-state index in [9.17, 15) is 19.2 Å². The van der Waals surface area contributed by atoms with Gasteiger partial charge in [0.25, 0.3) is 0 Å². The third-order valence-electron chi connectivity index (χ3n) is 8.47. The van der Waals surface area contributed by atoms with E-state index in [0.29, 0.717) is 39.2 Å². The van der Waals surface area contributed by atoms with E-state index in [-0.39, 0.29) is 35.0 Å². The van der Waals surface area contributed by atoms with Crippen LogP contribution in [0, 0.1) is 18.8 Å². The van der Waals surface area contributed by atoms with E-state index in [1.54, 1.807) is 68.6 Å². The van der Waals surface area contributed by atoms with Crippen LogP contribution in [0.15, 0.2) is 72.8 Å². The zero-order valence-corrected chi connectivity index (χ0v) is 24.3. The molecule has 218 valence electrons. The first-order valence-corrected chi connectivity index (χ1v) is 14.5. The topological polar surface area (TPSA) is 103 Å². The van der Waals surface area contributed by atoms with Gasteiger partial charge in [-0.05, 0) is 81.3 Å². The Labute approximate surface area is 249 Å². The number of Topliss-reactive ketones (excluding diaryl/α,β-unsaturated/α-hetero) is 1. The van der Waals surface area contributed by atoms with Crippen LogP contribution in [0.2, 0.25) is 0 Å². The minimum Gasteiger partial charge on any atom is -0.497 e. The number of esters is 1. The molecule has 3 aromatic carbocycles. The lowest BCUT2D eigenvalue weighted by Gasteiger charge is -2.19. The average molecular weight is 577 g/mol. The van der Waals surface area contributed by atoms with Gasteiger partial charge in [0.15, 0.2) is 6.10 Å². The van der Waals surface area contributed by atoms with E-state index < -0.39 is 12.1 Å². The number of imide groups is 1. The van der Waals surface area contributed by atoms with Gasteiger partial charge in [-0.1, -0.05) is 36.6 Å². The molecule has 8 heteroatoms. The number of carbonyl (C=O) groups is 4. The van der Waals surface area contributed by atoms with Crippen molar-refractivity contribution in [2.75, 3.05) is 12.0 Å². The van der Waals surface area contributed by atoms with E-state index in [1.807, 2.05) is 25.1 Å². The highest BCUT2D eigenvalue weighted by Crippen LogP contribution is 2.40. The van der Waals surface area contributed by atoms with Crippen LogP contribution in [0.4, 0.5) is 5.69 Å². The molecule has 1 saturated heterocycles. The Bertz CT molecular complexity index is 1720. The van der Waals surface area contributed by atoms with Crippen LogP contribution < -0.4 is 9.64 Å². The van der Waals surface area contributed by atoms with Crippen molar-refractivity contribution in [3.8, 4) is 17.0 Å². The number of benzene rings is 3. The molecule has 8 nitrogen and oxygen atoms in total. The molecule has 1 aliphatic carbocycles. The van der Waals surface area contributed by atoms with Crippen molar-refractivity contribution in [2.24, 2.45) is 11.8 Å². The molecule has 1 saturated carbocycles. The Balaban J connectivity index is 1.28. The van der Waals surface area contributed by atoms with Gasteiger partial charge in [0.05, 0.1) is 41.4 Å². The number of anilines is 1. The lowest BCUT2D eigenvalue weighted by Crippen LogP contribution is -2.30. The first kappa shape index (κ1) is 28.3. The summed E-state index contributed by atoms with van der Waals surface area (Å²) in [6.07, 6.45) is 2.44. The lowest BCUT2D eigenvalue weighted by molar-refractivity contribution is -0.122. The summed E-state index contributed by atoms with van der Waals surface area (Å²) in [7, 11) is 1.55. The summed E-state index contributed by atoms with van der Waals surface area (Å²) < 4.78 is 10.8. The molecule has 1 aromatic heterocycles. The quantitative estimate of drug-likeness (QED) is 0.144. The van der Waals surface area contributed by atoms with Gasteiger partial charge in [-0.25, -0.2) is 9.78 Å². The number of ether oxygens (including phenoxy) is 2. The Morgan fingerprint density at radius 3 is 2.16 bits per heavy atom. The van der Waals surface area contributed by atoms with Crippen LogP contribution in [0.25, 0.3) is 22.2 Å². The largest absolute Gasteiger partial charge is 0.497 e. The van der Waals surface area contributed by atoms with E-state index in [0.717, 1.165) is 31.2 Å². The molecule has 2 amide bonds. The first-order valence-electron chi connectivity index (χ1n) is 14.5. The van der Waals surface area contributed by atoms with E-state index >= 15 is 0 Å². The van der Waals surface area contributed by atoms with Crippen LogP contribution >= 0.6 is 0 Å². The number of methoxy groups -OCH3 is 1. The van der Waals surface area contributed by atoms with Crippen molar-refractivity contribution in [3.63, 3.8) is 0 Å². The fraction of sp³-hybridized carbons (Fsp3) is 0.286. The second-order valence-electron chi connectivity index (χ2n) is 11.3. The third-order valence-corrected chi connectivity index (χ3v) is 8.47. The second kappa shape index (κ2) is 11.4. The fourth-order valence-electron chi connectivity index (χ4n) is 6.12. The summed E-state index contributed by atoms with van der Waals surface area (Å²) in [6.45, 7) is 3.48. The number of hydrogen-bond acceptors (Lipinski definition) is 7. The number of carbonyl (C=O) groups excluding carboxylic acids is 4. The van der Waals surface area contributed by atoms with Gasteiger partial charge in [-0.2, -0.15) is 0 Å². The Morgan fingerprint density at radius 1 is 0.884 bits per heavy atom. The molecule has 0 N–H and O–H groups in total. The molecule has 0 spiro atoms. The normalized spacial score (nSPS) is 18.8. The number of rotatable bonds is 7. The number of ketones is 1. The maximum Gasteiger partial charge on any atom is 0.339 e. The SMILES string of the molecule is COc1ccc(C(=O)C(C)OC(=O)c2cc(-c3ccc(N4C(=O)C5CCCCC5C4=O)cc3)nc3ccc(C)cc23)cc1. The number of hydrogen-bond donors (Lipinski definition) is 0. The summed E-state index contributed by atoms with van der Waals surface area (Å²) in [5, 5.41) is 0.616. The highest BCUT2D eigenvalue weighted by molar-refractivity contribution is 6.22. The van der Waals surface area contributed by atoms with Crippen molar-refractivity contribution < 1.29 is 28.7 Å². The summed E-state index contributed by atoms with van der Waals surface area (Å²) in [6, 6.07) is 21.0. The van der Waals surface area contributed by atoms with Gasteiger partial charge >= 0.3 is 5.97 Å². The maximum absolute atomic E-state index is 13.5. The summed E-state index contributed by atoms with van der Waals surface area (Å²) >= 11 is 0. The Kier molecular flexibility index (Phi) is 7.52. The first-order chi connectivity index (χ1) is 20.7. The monoisotopic (exact) mass is 576 g/mol. The van der Waals surface area contributed by atoms with Crippen molar-refractivity contribution in [1.82, 2.24) is 4.98 Å². The molecule has 0 radical (unpaired) electrons. The molecule has 0 bridgehead atoms. The van der Waals surface area contributed by atoms with E-state index in [4.69, 9.17) is 14.5 Å². The smallest absolute Gasteiger partial charge is 0.339 e. The van der Waals surface area contributed by atoms with Gasteiger partial charge in [-0.15, -0.1) is 0 Å². The number of amides is 2. The predicted molar refractivity (Wildman–Crippen MR) is 162 cm³/mol. The van der Waals surface area contributed by atoms with Gasteiger partial charge in [0.1, 0.15) is 5.75 Å². The van der Waals surface area contributed by atoms with Gasteiger partial charge in [0.2, 0.25) is 17.6 Å². The van der Waals surface area contributed by atoms with Crippen LogP contribution in [0.5, 0.6) is 5.75 Å². The Hall–Kier alpha value is -4.85. The predicted octanol–water partition coefficient (Wildman–Crippen LogP) is 6.33. The molecular formula is C35H32N2O6. The van der Waals surface area contributed by atoms with Crippen LogP contribution in [-0.4, -0.2) is 41.8 Å². The molecule has 1 aliphatic heterocycles. The molecular weight excluding hydrogens is 544 g/mol. The number of fused-ring (bicyclic) bond motifs is 2. The van der Waals surface area contributed by atoms with Crippen LogP contribution in [0.1, 0.15) is 58.9 Å². The average Bonchev–Trinajstić information content (AvgIpc) is 3.29. The van der Waals surface area contributed by atoms with Crippen LogP contribution in [-0.2, 0) is 14.3 Å². The lowest BCUT2D eigenvalue weighted by atomic mass is 9.81. The number of pyridine rings is 1. The highest BCUT2D eigenvalue weighted by Gasteiger charge is 2.48. The number of nitrogens with zero attached hydrogens (tertiary/aromatic N) is 2. The molecule has 6 rings (SSSR count). The van der Waals surface area contributed by atoms with Gasteiger partial charge < -0.3 is 9.47 Å². The van der Waals surface area contributed by atoms with E-state index in [2.05, 4.69) is 0 Å². The fourth-order valence-corrected chi connectivity index (χ4v) is 6.12. The Morgan fingerprint density at radius 2 is 1.53 bits per heavy atom. The van der Waals surface area contributed by atoms with Crippen molar-refractivity contribution in [3.05, 3.63) is 89.5 Å². The summed E-state index contributed by atoms with van der Waals surface area (Å²) in [5.41, 5.74) is 4.01. The van der Waals surface area contributed by atoms with Gasteiger partial charge in [0, 0.05) is 16.5 Å². The van der Waals surface area contributed by atoms with E-state index in [1.165, 1.54) is 4.90 Å². The standard InChI is InChI=1S/C35H32N2O6/c1-20-8-17-30-28(18-20)29(35(41)43-21(2)32(38)23-11-15-25(42-3)16-12-23)19-31(36-30)22-9-13-24(14-10-22)37-33(39)26-6-4-5-7-27(26)34(37)40/h8-19,21,26-27H,4-7H2,1-3H3.